The van der Waals surface area contributed by atoms with Gasteiger partial charge in [-0.15, -0.1) is 11.3 Å². The molecule has 1 aromatic heterocycles. The molecule has 0 saturated carbocycles. The molecule has 4 rings (SSSR count). The zero-order valence-corrected chi connectivity index (χ0v) is 26.0. The van der Waals surface area contributed by atoms with Crippen LogP contribution in [0.5, 0.6) is 0 Å². The average molecular weight is 663 g/mol. The number of anilines is 2. The van der Waals surface area contributed by atoms with E-state index in [-0.39, 0.29) is 56.3 Å². The minimum atomic E-state index is -0.870. The van der Waals surface area contributed by atoms with Crippen molar-refractivity contribution in [3.63, 3.8) is 0 Å². The van der Waals surface area contributed by atoms with E-state index in [4.69, 9.17) is 32.5 Å². The number of nitrogens with one attached hydrogen (secondary N) is 1. The van der Waals surface area contributed by atoms with E-state index in [0.717, 1.165) is 16.2 Å². The van der Waals surface area contributed by atoms with Crippen molar-refractivity contribution in [1.82, 2.24) is 10.2 Å². The highest BCUT2D eigenvalue weighted by Crippen LogP contribution is 2.27. The molecule has 5 N–H and O–H groups in total. The number of thiophene rings is 1. The van der Waals surface area contributed by atoms with Gasteiger partial charge < -0.3 is 31.2 Å². The maximum atomic E-state index is 13.4. The lowest BCUT2D eigenvalue weighted by Gasteiger charge is -2.27. The van der Waals surface area contributed by atoms with Gasteiger partial charge in [0.25, 0.3) is 11.8 Å². The first-order chi connectivity index (χ1) is 21.5. The zero-order valence-electron chi connectivity index (χ0n) is 24.4. The average Bonchev–Trinajstić information content (AvgIpc) is 3.63. The van der Waals surface area contributed by atoms with Crippen LogP contribution in [0.15, 0.2) is 36.4 Å². The van der Waals surface area contributed by atoms with E-state index in [1.54, 1.807) is 35.2 Å². The number of carbonyl (C=O) groups is 6. The van der Waals surface area contributed by atoms with Gasteiger partial charge in [0.05, 0.1) is 35.0 Å². The topological polar surface area (TPSA) is 195 Å². The molecule has 0 bridgehead atoms. The summed E-state index contributed by atoms with van der Waals surface area (Å²) in [7, 11) is 0. The minimum absolute atomic E-state index is 0.000156. The molecule has 2 fully saturated rings. The molecule has 0 aliphatic carbocycles. The molecular formula is C29H35ClN6O8S. The first kappa shape index (κ1) is 33.8. The molecule has 2 saturated heterocycles. The van der Waals surface area contributed by atoms with Crippen LogP contribution in [-0.2, 0) is 28.7 Å². The Bertz CT molecular complexity index is 1420. The molecule has 14 nitrogen and oxygen atoms in total. The van der Waals surface area contributed by atoms with Crippen molar-refractivity contribution in [2.75, 3.05) is 49.2 Å². The number of primary amides is 1. The van der Waals surface area contributed by atoms with Crippen LogP contribution in [0.25, 0.3) is 0 Å². The van der Waals surface area contributed by atoms with E-state index >= 15 is 0 Å². The number of cyclic esters (lactones) is 1. The van der Waals surface area contributed by atoms with Gasteiger partial charge in [0, 0.05) is 37.3 Å². The highest BCUT2D eigenvalue weighted by atomic mass is 35.5. The first-order valence-electron chi connectivity index (χ1n) is 14.4. The van der Waals surface area contributed by atoms with Crippen LogP contribution in [-0.4, -0.2) is 92.1 Å². The molecule has 6 amide bonds. The Labute approximate surface area is 268 Å². The monoisotopic (exact) mass is 662 g/mol. The molecule has 0 radical (unpaired) electrons. The standard InChI is InChI=1S/C29H35ClN6O8S/c30-23-10-9-22(45-23)28(41)36(25(38)3-1-2-12-33-27(40)21(31)8-11-24(32)37)16-20-15-35(29(42)44-20)19-6-4-18(5-7-19)34-13-14-43-17-26(34)39/h4-7,9-10,20-21H,1-3,8,11-17,31H2,(H2,32,37)(H,33,40)/t20-,21+/m1/s1. The SMILES string of the molecule is NC(=O)CC[C@H](N)C(=O)NCCCCC(=O)N(C[C@H]1CN(c2ccc(N3CCOCC3=O)cc2)C(=O)O1)C(=O)c1ccc(Cl)s1. The summed E-state index contributed by atoms with van der Waals surface area (Å²) in [5, 5.41) is 2.66. The zero-order chi connectivity index (χ0) is 32.5. The van der Waals surface area contributed by atoms with Gasteiger partial charge in [0.1, 0.15) is 12.7 Å². The van der Waals surface area contributed by atoms with Gasteiger partial charge in [-0.3, -0.25) is 33.8 Å². The molecule has 242 valence electrons. The Morgan fingerprint density at radius 1 is 1.04 bits per heavy atom. The minimum Gasteiger partial charge on any atom is -0.442 e. The number of amides is 6. The van der Waals surface area contributed by atoms with Crippen LogP contribution >= 0.6 is 22.9 Å². The maximum absolute atomic E-state index is 13.4. The summed E-state index contributed by atoms with van der Waals surface area (Å²) in [6.07, 6.45) is -0.487. The number of unbranched alkanes of at least 4 members (excludes halogenated alkanes) is 1. The summed E-state index contributed by atoms with van der Waals surface area (Å²) in [5.41, 5.74) is 12.1. The van der Waals surface area contributed by atoms with Gasteiger partial charge in [-0.1, -0.05) is 11.6 Å². The van der Waals surface area contributed by atoms with Crippen LogP contribution in [0.4, 0.5) is 16.2 Å². The second-order valence-electron chi connectivity index (χ2n) is 10.5. The fraction of sp³-hybridized carbons (Fsp3) is 0.448. The van der Waals surface area contributed by atoms with Crippen LogP contribution in [0.3, 0.4) is 0 Å². The second-order valence-corrected chi connectivity index (χ2v) is 12.2. The van der Waals surface area contributed by atoms with Gasteiger partial charge in [-0.2, -0.15) is 0 Å². The van der Waals surface area contributed by atoms with Crippen LogP contribution in [0, 0.1) is 0 Å². The largest absolute Gasteiger partial charge is 0.442 e. The maximum Gasteiger partial charge on any atom is 0.414 e. The van der Waals surface area contributed by atoms with Crippen LogP contribution < -0.4 is 26.6 Å². The van der Waals surface area contributed by atoms with Crippen molar-refractivity contribution in [3.05, 3.63) is 45.6 Å². The number of hydrogen-bond acceptors (Lipinski definition) is 10. The molecule has 2 aromatic rings. The van der Waals surface area contributed by atoms with Crippen molar-refractivity contribution in [2.45, 2.75) is 44.2 Å². The van der Waals surface area contributed by atoms with Crippen molar-refractivity contribution in [3.8, 4) is 0 Å². The van der Waals surface area contributed by atoms with E-state index in [2.05, 4.69) is 5.32 Å². The Morgan fingerprint density at radius 3 is 2.40 bits per heavy atom. The number of carbonyl (C=O) groups excluding carboxylic acids is 6. The third-order valence-corrected chi connectivity index (χ3v) is 8.42. The summed E-state index contributed by atoms with van der Waals surface area (Å²) in [6, 6.07) is 9.09. The number of rotatable bonds is 14. The van der Waals surface area contributed by atoms with Crippen molar-refractivity contribution < 1.29 is 38.2 Å². The van der Waals surface area contributed by atoms with Crippen molar-refractivity contribution in [2.24, 2.45) is 11.5 Å². The molecule has 2 atom stereocenters. The molecule has 2 aliphatic rings. The van der Waals surface area contributed by atoms with Gasteiger partial charge in [0.2, 0.25) is 17.7 Å². The number of benzene rings is 1. The molecule has 45 heavy (non-hydrogen) atoms. The van der Waals surface area contributed by atoms with Crippen molar-refractivity contribution >= 4 is 69.9 Å². The summed E-state index contributed by atoms with van der Waals surface area (Å²) in [5.74, 6) is -2.15. The first-order valence-corrected chi connectivity index (χ1v) is 15.6. The lowest BCUT2D eigenvalue weighted by Crippen LogP contribution is -2.43. The van der Waals surface area contributed by atoms with Gasteiger partial charge >= 0.3 is 6.09 Å². The fourth-order valence-corrected chi connectivity index (χ4v) is 5.79. The number of imide groups is 1. The van der Waals surface area contributed by atoms with Crippen LogP contribution in [0.1, 0.15) is 41.8 Å². The summed E-state index contributed by atoms with van der Waals surface area (Å²) in [6.45, 7) is 1.06. The van der Waals surface area contributed by atoms with Crippen molar-refractivity contribution in [1.29, 1.82) is 0 Å². The molecule has 0 spiro atoms. The van der Waals surface area contributed by atoms with E-state index < -0.39 is 41.9 Å². The highest BCUT2D eigenvalue weighted by Gasteiger charge is 2.36. The summed E-state index contributed by atoms with van der Waals surface area (Å²) < 4.78 is 11.1. The summed E-state index contributed by atoms with van der Waals surface area (Å²) in [4.78, 5) is 78.9. The molecule has 1 aromatic carbocycles. The number of morpholine rings is 1. The normalized spacial score (nSPS) is 17.2. The number of nitrogens with zero attached hydrogens (tertiary/aromatic N) is 3. The quantitative estimate of drug-likeness (QED) is 0.252. The van der Waals surface area contributed by atoms with E-state index in [1.807, 2.05) is 0 Å². The number of ether oxygens (including phenoxy) is 2. The van der Waals surface area contributed by atoms with Gasteiger partial charge in [-0.05, 0) is 55.7 Å². The number of halogens is 1. The second kappa shape index (κ2) is 15.8. The molecule has 2 aliphatic heterocycles. The lowest BCUT2D eigenvalue weighted by atomic mass is 10.1. The molecule has 16 heteroatoms. The highest BCUT2D eigenvalue weighted by molar-refractivity contribution is 7.18. The third kappa shape index (κ3) is 9.23. The Morgan fingerprint density at radius 2 is 1.76 bits per heavy atom. The Balaban J connectivity index is 1.34. The smallest absolute Gasteiger partial charge is 0.414 e. The summed E-state index contributed by atoms with van der Waals surface area (Å²) >= 11 is 7.06. The van der Waals surface area contributed by atoms with Gasteiger partial charge in [-0.25, -0.2) is 4.79 Å². The van der Waals surface area contributed by atoms with Gasteiger partial charge in [0.15, 0.2) is 0 Å². The number of nitrogens with two attached hydrogens (primary N) is 2. The molecule has 3 heterocycles. The lowest BCUT2D eigenvalue weighted by molar-refractivity contribution is -0.129. The molecule has 0 unspecified atom stereocenters. The predicted octanol–water partition coefficient (Wildman–Crippen LogP) is 1.64. The predicted molar refractivity (Wildman–Crippen MR) is 166 cm³/mol. The van der Waals surface area contributed by atoms with E-state index in [0.29, 0.717) is 41.7 Å². The third-order valence-electron chi connectivity index (χ3n) is 7.20. The Kier molecular flexibility index (Phi) is 11.9. The fourth-order valence-electron chi connectivity index (χ4n) is 4.80. The van der Waals surface area contributed by atoms with E-state index in [1.165, 1.54) is 11.0 Å². The number of hydrogen-bond donors (Lipinski definition) is 3. The van der Waals surface area contributed by atoms with Crippen LogP contribution in [0.2, 0.25) is 4.34 Å². The Hall–Kier alpha value is -4.05. The van der Waals surface area contributed by atoms with E-state index in [9.17, 15) is 28.8 Å². The molecular weight excluding hydrogens is 628 g/mol.